The number of carbonyl (C=O) groups is 1. The number of aromatic nitrogens is 1. The monoisotopic (exact) mass is 386 g/mol. The van der Waals surface area contributed by atoms with Crippen LogP contribution in [0.1, 0.15) is 51.9 Å². The van der Waals surface area contributed by atoms with E-state index in [1.807, 2.05) is 12.1 Å². The third-order valence-corrected chi connectivity index (χ3v) is 4.80. The summed E-state index contributed by atoms with van der Waals surface area (Å²) < 4.78 is 1.08. The number of nitrogens with zero attached hydrogens (tertiary/aromatic N) is 1. The molecule has 2 rings (SSSR count). The Bertz CT molecular complexity index is 425. The second-order valence-corrected chi connectivity index (χ2v) is 6.96. The van der Waals surface area contributed by atoms with Gasteiger partial charge in [0.2, 0.25) is 5.91 Å². The molecule has 110 valence electrons. The van der Waals surface area contributed by atoms with Crippen molar-refractivity contribution in [3.63, 3.8) is 0 Å². The molecular weight excluding hydrogens is 363 g/mol. The summed E-state index contributed by atoms with van der Waals surface area (Å²) >= 11 is 2.21. The highest BCUT2D eigenvalue weighted by atomic mass is 127. The molecule has 0 atom stereocenters. The molecule has 1 aromatic heterocycles. The van der Waals surface area contributed by atoms with Crippen LogP contribution in [0.4, 0.5) is 5.82 Å². The highest BCUT2D eigenvalue weighted by Gasteiger charge is 2.26. The number of carbonyl (C=O) groups excluding carboxylic acids is 1. The molecule has 1 amide bonds. The lowest BCUT2D eigenvalue weighted by atomic mass is 9.79. The van der Waals surface area contributed by atoms with Gasteiger partial charge in [0.25, 0.3) is 0 Å². The van der Waals surface area contributed by atoms with Gasteiger partial charge in [-0.15, -0.1) is 0 Å². The standard InChI is InChI=1S/C16H23IN2O/c1-2-3-4-12-5-7-13(8-6-12)16(20)19-15-10-9-14(17)11-18-15/h9-13H,2-8H2,1H3,(H,18,19,20). The predicted molar refractivity (Wildman–Crippen MR) is 90.6 cm³/mol. The van der Waals surface area contributed by atoms with E-state index in [9.17, 15) is 4.79 Å². The lowest BCUT2D eigenvalue weighted by Crippen LogP contribution is -2.27. The van der Waals surface area contributed by atoms with Gasteiger partial charge in [-0.05, 0) is 66.3 Å². The molecule has 0 bridgehead atoms. The quantitative estimate of drug-likeness (QED) is 0.751. The van der Waals surface area contributed by atoms with Gasteiger partial charge < -0.3 is 5.32 Å². The Kier molecular flexibility index (Phi) is 6.26. The van der Waals surface area contributed by atoms with Gasteiger partial charge in [0.05, 0.1) is 0 Å². The SMILES string of the molecule is CCCCC1CCC(C(=O)Nc2ccc(I)cn2)CC1. The second-order valence-electron chi connectivity index (χ2n) is 5.71. The summed E-state index contributed by atoms with van der Waals surface area (Å²) in [6, 6.07) is 3.83. The van der Waals surface area contributed by atoms with Crippen LogP contribution in [-0.2, 0) is 4.79 Å². The number of unbranched alkanes of at least 4 members (excludes halogenated alkanes) is 1. The molecule has 1 heterocycles. The Morgan fingerprint density at radius 2 is 2.10 bits per heavy atom. The van der Waals surface area contributed by atoms with E-state index in [-0.39, 0.29) is 11.8 Å². The Hall–Kier alpha value is -0.650. The molecule has 0 aliphatic heterocycles. The molecule has 1 aliphatic rings. The molecule has 0 unspecified atom stereocenters. The van der Waals surface area contributed by atoms with Crippen molar-refractivity contribution >= 4 is 34.3 Å². The minimum absolute atomic E-state index is 0.146. The molecule has 1 saturated carbocycles. The fourth-order valence-electron chi connectivity index (χ4n) is 2.88. The first-order chi connectivity index (χ1) is 9.69. The van der Waals surface area contributed by atoms with E-state index in [4.69, 9.17) is 0 Å². The number of anilines is 1. The summed E-state index contributed by atoms with van der Waals surface area (Å²) in [5.41, 5.74) is 0. The smallest absolute Gasteiger partial charge is 0.228 e. The van der Waals surface area contributed by atoms with Gasteiger partial charge in [-0.2, -0.15) is 0 Å². The van der Waals surface area contributed by atoms with Crippen molar-refractivity contribution in [1.29, 1.82) is 0 Å². The zero-order valence-corrected chi connectivity index (χ0v) is 14.2. The van der Waals surface area contributed by atoms with Gasteiger partial charge in [-0.1, -0.05) is 26.2 Å². The van der Waals surface area contributed by atoms with Crippen LogP contribution in [0.25, 0.3) is 0 Å². The van der Waals surface area contributed by atoms with Crippen LogP contribution in [-0.4, -0.2) is 10.9 Å². The molecule has 3 nitrogen and oxygen atoms in total. The first kappa shape index (κ1) is 15.7. The molecule has 1 aliphatic carbocycles. The maximum Gasteiger partial charge on any atom is 0.228 e. The number of nitrogens with one attached hydrogen (secondary N) is 1. The van der Waals surface area contributed by atoms with Crippen LogP contribution in [0.5, 0.6) is 0 Å². The first-order valence-electron chi connectivity index (χ1n) is 7.61. The van der Waals surface area contributed by atoms with Crippen molar-refractivity contribution in [1.82, 2.24) is 4.98 Å². The fraction of sp³-hybridized carbons (Fsp3) is 0.625. The number of halogens is 1. The predicted octanol–water partition coefficient (Wildman–Crippen LogP) is 4.62. The van der Waals surface area contributed by atoms with Crippen molar-refractivity contribution in [3.8, 4) is 0 Å². The minimum atomic E-state index is 0.146. The normalized spacial score (nSPS) is 22.5. The summed E-state index contributed by atoms with van der Waals surface area (Å²) in [6.45, 7) is 2.24. The van der Waals surface area contributed by atoms with Gasteiger partial charge in [-0.25, -0.2) is 4.98 Å². The third-order valence-electron chi connectivity index (χ3n) is 4.16. The average molecular weight is 386 g/mol. The van der Waals surface area contributed by atoms with E-state index >= 15 is 0 Å². The zero-order chi connectivity index (χ0) is 14.4. The van der Waals surface area contributed by atoms with Gasteiger partial charge >= 0.3 is 0 Å². The minimum Gasteiger partial charge on any atom is -0.310 e. The summed E-state index contributed by atoms with van der Waals surface area (Å²) in [5.74, 6) is 1.83. The number of rotatable bonds is 5. The van der Waals surface area contributed by atoms with Crippen molar-refractivity contribution in [3.05, 3.63) is 21.9 Å². The number of hydrogen-bond donors (Lipinski definition) is 1. The van der Waals surface area contributed by atoms with Crippen molar-refractivity contribution in [2.24, 2.45) is 11.8 Å². The van der Waals surface area contributed by atoms with E-state index in [0.717, 1.165) is 22.3 Å². The van der Waals surface area contributed by atoms with Crippen molar-refractivity contribution in [2.45, 2.75) is 51.9 Å². The molecule has 0 aromatic carbocycles. The first-order valence-corrected chi connectivity index (χ1v) is 8.69. The number of amides is 1. The van der Waals surface area contributed by atoms with Crippen LogP contribution in [0.2, 0.25) is 0 Å². The molecule has 0 radical (unpaired) electrons. The topological polar surface area (TPSA) is 42.0 Å². The lowest BCUT2D eigenvalue weighted by molar-refractivity contribution is -0.121. The number of hydrogen-bond acceptors (Lipinski definition) is 2. The maximum absolute atomic E-state index is 12.2. The Morgan fingerprint density at radius 1 is 1.35 bits per heavy atom. The fourth-order valence-corrected chi connectivity index (χ4v) is 3.20. The Balaban J connectivity index is 1.78. The zero-order valence-electron chi connectivity index (χ0n) is 12.1. The highest BCUT2D eigenvalue weighted by molar-refractivity contribution is 14.1. The second kappa shape index (κ2) is 7.96. The summed E-state index contributed by atoms with van der Waals surface area (Å²) in [5, 5.41) is 2.94. The maximum atomic E-state index is 12.2. The van der Waals surface area contributed by atoms with Crippen LogP contribution in [0.15, 0.2) is 18.3 Å². The van der Waals surface area contributed by atoms with Crippen molar-refractivity contribution < 1.29 is 4.79 Å². The molecular formula is C16H23IN2O. The van der Waals surface area contributed by atoms with Crippen LogP contribution in [0.3, 0.4) is 0 Å². The van der Waals surface area contributed by atoms with Crippen LogP contribution >= 0.6 is 22.6 Å². The van der Waals surface area contributed by atoms with E-state index in [2.05, 4.69) is 39.8 Å². The molecule has 0 spiro atoms. The Morgan fingerprint density at radius 3 is 2.70 bits per heavy atom. The summed E-state index contributed by atoms with van der Waals surface area (Å²) in [6.07, 6.45) is 10.2. The van der Waals surface area contributed by atoms with E-state index in [1.165, 1.54) is 32.1 Å². The van der Waals surface area contributed by atoms with Gasteiger partial charge in [0.15, 0.2) is 0 Å². The van der Waals surface area contributed by atoms with Gasteiger partial charge in [0.1, 0.15) is 5.82 Å². The molecule has 0 saturated heterocycles. The van der Waals surface area contributed by atoms with Crippen LogP contribution in [0, 0.1) is 15.4 Å². The molecule has 4 heteroatoms. The van der Waals surface area contributed by atoms with E-state index in [1.54, 1.807) is 6.20 Å². The molecule has 1 fully saturated rings. The van der Waals surface area contributed by atoms with Gasteiger partial charge in [-0.3, -0.25) is 4.79 Å². The molecule has 20 heavy (non-hydrogen) atoms. The van der Waals surface area contributed by atoms with Crippen LogP contribution < -0.4 is 5.32 Å². The summed E-state index contributed by atoms with van der Waals surface area (Å²) in [4.78, 5) is 16.4. The summed E-state index contributed by atoms with van der Waals surface area (Å²) in [7, 11) is 0. The highest BCUT2D eigenvalue weighted by Crippen LogP contribution is 2.32. The largest absolute Gasteiger partial charge is 0.310 e. The molecule has 1 aromatic rings. The van der Waals surface area contributed by atoms with Crippen molar-refractivity contribution in [2.75, 3.05) is 5.32 Å². The Labute approximate surface area is 135 Å². The van der Waals surface area contributed by atoms with Gasteiger partial charge in [0, 0.05) is 15.7 Å². The third kappa shape index (κ3) is 4.72. The van der Waals surface area contributed by atoms with E-state index in [0.29, 0.717) is 5.82 Å². The lowest BCUT2D eigenvalue weighted by Gasteiger charge is -2.27. The molecule has 1 N–H and O–H groups in total. The van der Waals surface area contributed by atoms with E-state index < -0.39 is 0 Å². The average Bonchev–Trinajstić information content (AvgIpc) is 2.48. The number of pyridine rings is 1.